The predicted octanol–water partition coefficient (Wildman–Crippen LogP) is 0.0476. The van der Waals surface area contributed by atoms with Crippen molar-refractivity contribution >= 4 is 17.5 Å². The maximum Gasteiger partial charge on any atom is 0.239 e. The van der Waals surface area contributed by atoms with E-state index in [1.54, 1.807) is 20.0 Å². The van der Waals surface area contributed by atoms with Gasteiger partial charge in [-0.3, -0.25) is 9.48 Å². The minimum absolute atomic E-state index is 0.218. The van der Waals surface area contributed by atoms with Crippen LogP contribution in [-0.2, 0) is 11.3 Å². The number of rotatable bonds is 3. The number of hydrogen-bond acceptors (Lipinski definition) is 3. The monoisotopic (exact) mass is 216 g/mol. The molecule has 0 spiro atoms. The van der Waals surface area contributed by atoms with Crippen LogP contribution in [0.1, 0.15) is 12.6 Å². The molecule has 0 saturated heterocycles. The molecule has 1 rings (SSSR count). The number of carbonyl (C=O) groups excluding carboxylic acids is 1. The quantitative estimate of drug-likeness (QED) is 0.749. The molecule has 0 aliphatic rings. The molecule has 1 unspecified atom stereocenters. The predicted molar refractivity (Wildman–Crippen MR) is 53.8 cm³/mol. The van der Waals surface area contributed by atoms with Crippen LogP contribution < -0.4 is 11.5 Å². The Morgan fingerprint density at radius 1 is 1.79 bits per heavy atom. The Bertz CT molecular complexity index is 339. The average molecular weight is 217 g/mol. The van der Waals surface area contributed by atoms with E-state index < -0.39 is 11.4 Å². The van der Waals surface area contributed by atoms with Crippen LogP contribution >= 0.6 is 11.6 Å². The topological polar surface area (TPSA) is 86.9 Å². The molecule has 1 aromatic rings. The van der Waals surface area contributed by atoms with Crippen LogP contribution in [0, 0.1) is 6.92 Å². The molecule has 0 aliphatic heterocycles. The Hall–Kier alpha value is -1.07. The molecule has 14 heavy (non-hydrogen) atoms. The Kier molecular flexibility index (Phi) is 2.82. The van der Waals surface area contributed by atoms with Crippen molar-refractivity contribution in [1.29, 1.82) is 0 Å². The number of halogens is 1. The summed E-state index contributed by atoms with van der Waals surface area (Å²) in [5.74, 6) is -0.568. The Labute approximate surface area is 87.0 Å². The van der Waals surface area contributed by atoms with E-state index in [2.05, 4.69) is 5.10 Å². The fourth-order valence-electron chi connectivity index (χ4n) is 0.989. The van der Waals surface area contributed by atoms with E-state index in [1.165, 1.54) is 4.68 Å². The second-order valence-corrected chi connectivity index (χ2v) is 3.95. The van der Waals surface area contributed by atoms with Gasteiger partial charge in [-0.05, 0) is 13.8 Å². The smallest absolute Gasteiger partial charge is 0.239 e. The fourth-order valence-corrected chi connectivity index (χ4v) is 1.14. The molecule has 0 bridgehead atoms. The van der Waals surface area contributed by atoms with Crippen molar-refractivity contribution in [2.24, 2.45) is 11.5 Å². The SMILES string of the molecule is Cc1nn(CC(C)(N)C(N)=O)cc1Cl. The van der Waals surface area contributed by atoms with E-state index in [0.717, 1.165) is 0 Å². The summed E-state index contributed by atoms with van der Waals surface area (Å²) in [5, 5.41) is 4.62. The first kappa shape index (κ1) is 11.0. The molecule has 1 heterocycles. The van der Waals surface area contributed by atoms with Gasteiger partial charge < -0.3 is 11.5 Å². The molecule has 1 atom stereocenters. The van der Waals surface area contributed by atoms with Crippen LogP contribution in [0.25, 0.3) is 0 Å². The summed E-state index contributed by atoms with van der Waals surface area (Å²) in [6, 6.07) is 0. The van der Waals surface area contributed by atoms with Crippen molar-refractivity contribution in [1.82, 2.24) is 9.78 Å². The molecule has 5 nitrogen and oxygen atoms in total. The molecule has 0 aromatic carbocycles. The standard InChI is InChI=1S/C8H13ClN4O/c1-5-6(9)3-13(12-5)4-8(2,11)7(10)14/h3H,4,11H2,1-2H3,(H2,10,14). The summed E-state index contributed by atoms with van der Waals surface area (Å²) in [4.78, 5) is 10.9. The van der Waals surface area contributed by atoms with Crippen LogP contribution in [0.3, 0.4) is 0 Å². The molecule has 0 radical (unpaired) electrons. The minimum Gasteiger partial charge on any atom is -0.368 e. The van der Waals surface area contributed by atoms with E-state index in [1.807, 2.05) is 0 Å². The van der Waals surface area contributed by atoms with Crippen LogP contribution in [0.5, 0.6) is 0 Å². The second kappa shape index (κ2) is 3.59. The number of amides is 1. The van der Waals surface area contributed by atoms with Gasteiger partial charge in [-0.15, -0.1) is 0 Å². The number of primary amides is 1. The zero-order chi connectivity index (χ0) is 10.9. The van der Waals surface area contributed by atoms with Gasteiger partial charge in [-0.2, -0.15) is 5.10 Å². The lowest BCUT2D eigenvalue weighted by molar-refractivity contribution is -0.123. The molecular formula is C8H13ClN4O. The summed E-state index contributed by atoms with van der Waals surface area (Å²) in [6.07, 6.45) is 1.62. The van der Waals surface area contributed by atoms with Gasteiger partial charge >= 0.3 is 0 Å². The Balaban J connectivity index is 2.84. The van der Waals surface area contributed by atoms with Gasteiger partial charge in [0.1, 0.15) is 5.54 Å². The third-order valence-corrected chi connectivity index (χ3v) is 2.31. The molecule has 78 valence electrons. The van der Waals surface area contributed by atoms with Gasteiger partial charge in [0.2, 0.25) is 5.91 Å². The maximum atomic E-state index is 10.9. The van der Waals surface area contributed by atoms with Crippen molar-refractivity contribution < 1.29 is 4.79 Å². The number of nitrogens with two attached hydrogens (primary N) is 2. The van der Waals surface area contributed by atoms with Gasteiger partial charge in [0.15, 0.2) is 0 Å². The van der Waals surface area contributed by atoms with Crippen LogP contribution in [0.4, 0.5) is 0 Å². The largest absolute Gasteiger partial charge is 0.368 e. The van der Waals surface area contributed by atoms with Gasteiger partial charge in [0.25, 0.3) is 0 Å². The average Bonchev–Trinajstić information content (AvgIpc) is 2.29. The van der Waals surface area contributed by atoms with Gasteiger partial charge in [0, 0.05) is 6.20 Å². The van der Waals surface area contributed by atoms with Crippen LogP contribution in [-0.4, -0.2) is 21.2 Å². The zero-order valence-electron chi connectivity index (χ0n) is 8.12. The number of carbonyl (C=O) groups is 1. The van der Waals surface area contributed by atoms with E-state index in [9.17, 15) is 4.79 Å². The van der Waals surface area contributed by atoms with Crippen molar-refractivity contribution in [3.8, 4) is 0 Å². The molecule has 0 aliphatic carbocycles. The van der Waals surface area contributed by atoms with E-state index in [0.29, 0.717) is 10.7 Å². The lowest BCUT2D eigenvalue weighted by Gasteiger charge is -2.19. The van der Waals surface area contributed by atoms with Crippen molar-refractivity contribution in [3.05, 3.63) is 16.9 Å². The summed E-state index contributed by atoms with van der Waals surface area (Å²) in [6.45, 7) is 3.55. The van der Waals surface area contributed by atoms with Gasteiger partial charge in [0.05, 0.1) is 17.3 Å². The maximum absolute atomic E-state index is 10.9. The van der Waals surface area contributed by atoms with Crippen molar-refractivity contribution in [3.63, 3.8) is 0 Å². The highest BCUT2D eigenvalue weighted by Crippen LogP contribution is 2.13. The molecule has 6 heteroatoms. The van der Waals surface area contributed by atoms with Gasteiger partial charge in [-0.25, -0.2) is 0 Å². The second-order valence-electron chi connectivity index (χ2n) is 3.54. The highest BCUT2D eigenvalue weighted by Gasteiger charge is 2.26. The zero-order valence-corrected chi connectivity index (χ0v) is 8.88. The lowest BCUT2D eigenvalue weighted by Crippen LogP contribution is -2.52. The Morgan fingerprint density at radius 2 is 2.36 bits per heavy atom. The van der Waals surface area contributed by atoms with E-state index in [4.69, 9.17) is 23.1 Å². The summed E-state index contributed by atoms with van der Waals surface area (Å²) < 4.78 is 1.52. The normalized spacial score (nSPS) is 15.1. The first-order valence-electron chi connectivity index (χ1n) is 4.11. The molecule has 1 aromatic heterocycles. The Morgan fingerprint density at radius 3 is 2.71 bits per heavy atom. The number of nitrogens with zero attached hydrogens (tertiary/aromatic N) is 2. The van der Waals surface area contributed by atoms with Crippen LogP contribution in [0.15, 0.2) is 6.20 Å². The van der Waals surface area contributed by atoms with E-state index >= 15 is 0 Å². The third-order valence-electron chi connectivity index (χ3n) is 1.94. The molecular weight excluding hydrogens is 204 g/mol. The summed E-state index contributed by atoms with van der Waals surface area (Å²) >= 11 is 5.80. The van der Waals surface area contributed by atoms with Gasteiger partial charge in [-0.1, -0.05) is 11.6 Å². The summed E-state index contributed by atoms with van der Waals surface area (Å²) in [7, 11) is 0. The molecule has 1 amide bonds. The first-order valence-corrected chi connectivity index (χ1v) is 4.49. The number of hydrogen-bond donors (Lipinski definition) is 2. The van der Waals surface area contributed by atoms with E-state index in [-0.39, 0.29) is 6.54 Å². The number of aryl methyl sites for hydroxylation is 1. The highest BCUT2D eigenvalue weighted by molar-refractivity contribution is 6.31. The van der Waals surface area contributed by atoms with Crippen molar-refractivity contribution in [2.75, 3.05) is 0 Å². The van der Waals surface area contributed by atoms with Crippen LogP contribution in [0.2, 0.25) is 5.02 Å². The third kappa shape index (κ3) is 2.24. The molecule has 4 N–H and O–H groups in total. The number of aromatic nitrogens is 2. The summed E-state index contributed by atoms with van der Waals surface area (Å²) in [5.41, 5.74) is 10.4. The molecule has 0 fully saturated rings. The molecule has 0 saturated carbocycles. The first-order chi connectivity index (χ1) is 6.33. The highest BCUT2D eigenvalue weighted by atomic mass is 35.5. The van der Waals surface area contributed by atoms with Crippen molar-refractivity contribution in [2.45, 2.75) is 25.9 Å². The fraction of sp³-hybridized carbons (Fsp3) is 0.500. The lowest BCUT2D eigenvalue weighted by atomic mass is 10.0. The minimum atomic E-state index is -1.11.